The molecule has 0 saturated carbocycles. The van der Waals surface area contributed by atoms with E-state index in [4.69, 9.17) is 14.7 Å². The molecular formula is C16H19FN4O2. The molecule has 2 rings (SSSR count). The Morgan fingerprint density at radius 1 is 1.39 bits per heavy atom. The lowest BCUT2D eigenvalue weighted by molar-refractivity contribution is 0.317. The molecule has 1 aromatic rings. The number of hydrogen-bond donors (Lipinski definition) is 0. The Labute approximate surface area is 134 Å². The molecule has 7 heteroatoms. The average Bonchev–Trinajstić information content (AvgIpc) is 2.57. The molecule has 122 valence electrons. The highest BCUT2D eigenvalue weighted by molar-refractivity contribution is 5.39. The first-order valence-electron chi connectivity index (χ1n) is 7.53. The fraction of sp³-hybridized carbons (Fsp3) is 0.438. The Balaban J connectivity index is 2.05. The number of nitriles is 1. The Bertz CT molecular complexity index is 648. The van der Waals surface area contributed by atoms with Crippen LogP contribution in [0.4, 0.5) is 10.2 Å². The van der Waals surface area contributed by atoms with Crippen molar-refractivity contribution >= 4 is 5.82 Å². The zero-order valence-corrected chi connectivity index (χ0v) is 13.3. The van der Waals surface area contributed by atoms with Crippen molar-refractivity contribution in [3.8, 4) is 12.3 Å². The summed E-state index contributed by atoms with van der Waals surface area (Å²) in [6, 6.07) is 0.121. The van der Waals surface area contributed by atoms with Crippen molar-refractivity contribution < 1.29 is 13.9 Å². The number of hydrogen-bond acceptors (Lipinski definition) is 6. The van der Waals surface area contributed by atoms with Gasteiger partial charge in [0.25, 0.3) is 6.26 Å². The molecule has 1 aliphatic carbocycles. The highest BCUT2D eigenvalue weighted by atomic mass is 19.1. The average molecular weight is 318 g/mol. The third kappa shape index (κ3) is 4.42. The van der Waals surface area contributed by atoms with Gasteiger partial charge in [0.2, 0.25) is 0 Å². The van der Waals surface area contributed by atoms with Crippen molar-refractivity contribution in [1.82, 2.24) is 9.97 Å². The second kappa shape index (κ2) is 8.13. The van der Waals surface area contributed by atoms with Crippen molar-refractivity contribution in [2.24, 2.45) is 0 Å². The molecule has 0 spiro atoms. The number of ether oxygens (including phenoxy) is 2. The van der Waals surface area contributed by atoms with Gasteiger partial charge in [-0.15, -0.1) is 5.26 Å². The lowest BCUT2D eigenvalue weighted by atomic mass is 10.1. The van der Waals surface area contributed by atoms with Crippen molar-refractivity contribution in [2.75, 3.05) is 24.6 Å². The minimum Gasteiger partial charge on any atom is -0.459 e. The zero-order valence-electron chi connectivity index (χ0n) is 13.3. The predicted molar refractivity (Wildman–Crippen MR) is 83.1 cm³/mol. The Morgan fingerprint density at radius 3 is 2.87 bits per heavy atom. The van der Waals surface area contributed by atoms with E-state index in [0.717, 1.165) is 18.2 Å². The standard InChI is InChI=1S/C16H19FN4O2/c1-3-21(4-2)15-14(17)9-19-16(20-15)22-10-12-6-5-7-13(8-12)23-11-18/h6,8-9H,3-5,7,10H2,1-2H3. The molecule has 0 radical (unpaired) electrons. The van der Waals surface area contributed by atoms with Crippen molar-refractivity contribution in [3.63, 3.8) is 0 Å². The monoisotopic (exact) mass is 318 g/mol. The van der Waals surface area contributed by atoms with E-state index in [9.17, 15) is 4.39 Å². The summed E-state index contributed by atoms with van der Waals surface area (Å²) in [5, 5.41) is 8.54. The van der Waals surface area contributed by atoms with Gasteiger partial charge < -0.3 is 14.4 Å². The molecule has 0 fully saturated rings. The van der Waals surface area contributed by atoms with Crippen LogP contribution in [0, 0.1) is 17.3 Å². The Kier molecular flexibility index (Phi) is 5.92. The topological polar surface area (TPSA) is 71.3 Å². The van der Waals surface area contributed by atoms with Crippen LogP contribution in [-0.2, 0) is 4.74 Å². The first-order chi connectivity index (χ1) is 11.2. The molecule has 6 nitrogen and oxygen atoms in total. The molecule has 0 saturated heterocycles. The van der Waals surface area contributed by atoms with Crippen molar-refractivity contribution in [1.29, 1.82) is 5.26 Å². The van der Waals surface area contributed by atoms with Crippen LogP contribution in [0.1, 0.15) is 26.7 Å². The number of halogens is 1. The van der Waals surface area contributed by atoms with Crippen molar-refractivity contribution in [3.05, 3.63) is 35.5 Å². The van der Waals surface area contributed by atoms with E-state index in [0.29, 0.717) is 25.3 Å². The predicted octanol–water partition coefficient (Wildman–Crippen LogP) is 2.94. The van der Waals surface area contributed by atoms with Gasteiger partial charge in [0, 0.05) is 19.5 Å². The quantitative estimate of drug-likeness (QED) is 0.720. The van der Waals surface area contributed by atoms with E-state index < -0.39 is 5.82 Å². The Morgan fingerprint density at radius 2 is 2.17 bits per heavy atom. The summed E-state index contributed by atoms with van der Waals surface area (Å²) in [6.45, 7) is 5.39. The minimum atomic E-state index is -0.470. The van der Waals surface area contributed by atoms with Crippen LogP contribution in [0.3, 0.4) is 0 Å². The first-order valence-corrected chi connectivity index (χ1v) is 7.53. The Hall–Kier alpha value is -2.62. The molecule has 0 aliphatic heterocycles. The second-order valence-electron chi connectivity index (χ2n) is 4.91. The fourth-order valence-corrected chi connectivity index (χ4v) is 2.28. The van der Waals surface area contributed by atoms with Gasteiger partial charge in [-0.1, -0.05) is 6.08 Å². The van der Waals surface area contributed by atoms with E-state index in [1.807, 2.05) is 19.9 Å². The molecule has 1 aromatic heterocycles. The van der Waals surface area contributed by atoms with E-state index in [-0.39, 0.29) is 18.4 Å². The van der Waals surface area contributed by atoms with Gasteiger partial charge >= 0.3 is 6.01 Å². The van der Waals surface area contributed by atoms with E-state index in [1.54, 1.807) is 17.2 Å². The van der Waals surface area contributed by atoms with Gasteiger partial charge in [-0.3, -0.25) is 0 Å². The zero-order chi connectivity index (χ0) is 16.7. The van der Waals surface area contributed by atoms with Gasteiger partial charge in [-0.25, -0.2) is 9.37 Å². The molecule has 1 heterocycles. The highest BCUT2D eigenvalue weighted by Crippen LogP contribution is 2.21. The lowest BCUT2D eigenvalue weighted by Gasteiger charge is -2.20. The number of anilines is 1. The third-order valence-corrected chi connectivity index (χ3v) is 3.45. The molecular weight excluding hydrogens is 299 g/mol. The van der Waals surface area contributed by atoms with E-state index in [2.05, 4.69) is 9.97 Å². The smallest absolute Gasteiger partial charge is 0.318 e. The van der Waals surface area contributed by atoms with Crippen LogP contribution >= 0.6 is 0 Å². The second-order valence-corrected chi connectivity index (χ2v) is 4.91. The summed E-state index contributed by atoms with van der Waals surface area (Å²) in [5.41, 5.74) is 0.874. The number of nitrogens with zero attached hydrogens (tertiary/aromatic N) is 4. The maximum Gasteiger partial charge on any atom is 0.318 e. The normalized spacial score (nSPS) is 13.7. The van der Waals surface area contributed by atoms with E-state index in [1.165, 1.54) is 0 Å². The molecule has 0 aromatic carbocycles. The molecule has 0 N–H and O–H groups in total. The van der Waals surface area contributed by atoms with Crippen LogP contribution in [-0.4, -0.2) is 29.7 Å². The fourth-order valence-electron chi connectivity index (χ4n) is 2.28. The summed E-state index contributed by atoms with van der Waals surface area (Å²) in [7, 11) is 0. The number of aromatic nitrogens is 2. The lowest BCUT2D eigenvalue weighted by Crippen LogP contribution is -2.24. The van der Waals surface area contributed by atoms with Gasteiger partial charge in [0.05, 0.1) is 6.20 Å². The molecule has 0 unspecified atom stereocenters. The molecule has 0 bridgehead atoms. The minimum absolute atomic E-state index is 0.121. The van der Waals surface area contributed by atoms with Crippen LogP contribution in [0.5, 0.6) is 6.01 Å². The van der Waals surface area contributed by atoms with Crippen LogP contribution in [0.15, 0.2) is 29.7 Å². The van der Waals surface area contributed by atoms with E-state index >= 15 is 0 Å². The first kappa shape index (κ1) is 16.7. The van der Waals surface area contributed by atoms with Crippen molar-refractivity contribution in [2.45, 2.75) is 26.7 Å². The van der Waals surface area contributed by atoms with Gasteiger partial charge in [0.1, 0.15) is 12.4 Å². The third-order valence-electron chi connectivity index (χ3n) is 3.45. The molecule has 0 amide bonds. The highest BCUT2D eigenvalue weighted by Gasteiger charge is 2.14. The molecule has 1 aliphatic rings. The largest absolute Gasteiger partial charge is 0.459 e. The van der Waals surface area contributed by atoms with Crippen LogP contribution in [0.2, 0.25) is 0 Å². The molecule has 0 atom stereocenters. The van der Waals surface area contributed by atoms with Crippen LogP contribution in [0.25, 0.3) is 0 Å². The summed E-state index contributed by atoms with van der Waals surface area (Å²) < 4.78 is 24.2. The van der Waals surface area contributed by atoms with Crippen LogP contribution < -0.4 is 9.64 Å². The van der Waals surface area contributed by atoms with Gasteiger partial charge in [-0.2, -0.15) is 4.98 Å². The summed E-state index contributed by atoms with van der Waals surface area (Å²) in [5.74, 6) is 0.377. The maximum absolute atomic E-state index is 13.8. The number of allylic oxidation sites excluding steroid dienone is 2. The summed E-state index contributed by atoms with van der Waals surface area (Å²) in [6.07, 6.45) is 8.01. The van der Waals surface area contributed by atoms with Gasteiger partial charge in [-0.05, 0) is 31.9 Å². The maximum atomic E-state index is 13.8. The summed E-state index contributed by atoms with van der Waals surface area (Å²) >= 11 is 0. The number of rotatable bonds is 7. The van der Waals surface area contributed by atoms with Gasteiger partial charge in [0.15, 0.2) is 11.6 Å². The SMILES string of the molecule is CCN(CC)c1nc(OCC2=CCCC(OC#N)=C2)ncc1F. The molecule has 23 heavy (non-hydrogen) atoms. The summed E-state index contributed by atoms with van der Waals surface area (Å²) in [4.78, 5) is 9.80.